The van der Waals surface area contributed by atoms with Crippen molar-refractivity contribution in [1.29, 1.82) is 0 Å². The van der Waals surface area contributed by atoms with Crippen LogP contribution in [0.4, 0.5) is 0 Å². The third kappa shape index (κ3) is 204. The zero-order valence-corrected chi connectivity index (χ0v) is 24.9. The molecule has 0 atom stereocenters. The molecule has 2 rings (SSSR count). The van der Waals surface area contributed by atoms with Gasteiger partial charge in [-0.3, -0.25) is 0 Å². The Morgan fingerprint density at radius 2 is 0.263 bits per heavy atom. The maximum absolute atomic E-state index is 2.68. The molecule has 0 fully saturated rings. The minimum absolute atomic E-state index is 0. The average Bonchev–Trinajstić information content (AvgIpc) is 2.98. The smallest absolute Gasteiger partial charge is 0.00271 e. The molecule has 0 saturated heterocycles. The molecule has 0 radical (unpaired) electrons. The summed E-state index contributed by atoms with van der Waals surface area (Å²) in [5.41, 5.74) is 0. The zero-order chi connectivity index (χ0) is 28.1. The molecule has 0 amide bonds. The summed E-state index contributed by atoms with van der Waals surface area (Å²) in [5.74, 6) is 21.4. The van der Waals surface area contributed by atoms with E-state index in [1.807, 2.05) is 170 Å². The fraction of sp³-hybridized carbons (Fsp3) is 0.474. The summed E-state index contributed by atoms with van der Waals surface area (Å²) in [6.45, 7) is 26.6. The first-order chi connectivity index (χ1) is 16.7. The zero-order valence-electron chi connectivity index (χ0n) is 24.9. The standard InChI is InChI=1S/2C6H6.4C4H6.3C2H6.4CH4/c2*1-2-4-6-5-3-1;4*1-3-4-2;3*1-2;;;;/h2*1-6H;4*1-2H3;3*1-2H3;4*1H4. The Balaban J connectivity index is -0.0000000243. The fourth-order valence-electron chi connectivity index (χ4n) is 0.770. The SMILES string of the molecule is C.C.C.C.CC.CC.CC.CC#CC.CC#CC.CC#CC.CC#CC.c1ccccc1.c1ccccc1. The molecule has 0 heterocycles. The van der Waals surface area contributed by atoms with Gasteiger partial charge in [0.15, 0.2) is 0 Å². The van der Waals surface area contributed by atoms with E-state index in [1.165, 1.54) is 0 Å². The second kappa shape index (κ2) is 129. The van der Waals surface area contributed by atoms with Crippen molar-refractivity contribution in [2.24, 2.45) is 0 Å². The minimum atomic E-state index is 0. The van der Waals surface area contributed by atoms with Gasteiger partial charge in [0, 0.05) is 0 Å². The lowest BCUT2D eigenvalue weighted by Gasteiger charge is -1.69. The monoisotopic (exact) mass is 527 g/mol. The average molecular weight is 527 g/mol. The van der Waals surface area contributed by atoms with Crippen LogP contribution >= 0.6 is 0 Å². The quantitative estimate of drug-likeness (QED) is 0.299. The van der Waals surface area contributed by atoms with Crippen LogP contribution < -0.4 is 0 Å². The molecule has 0 nitrogen and oxygen atoms in total. The highest BCUT2D eigenvalue weighted by Crippen LogP contribution is 1.80. The van der Waals surface area contributed by atoms with Crippen molar-refractivity contribution in [3.8, 4) is 47.4 Å². The Kier molecular flexibility index (Phi) is 239. The van der Waals surface area contributed by atoms with Gasteiger partial charge in [-0.2, -0.15) is 0 Å². The molecule has 0 saturated carbocycles. The first-order valence-electron chi connectivity index (χ1n) is 12.0. The van der Waals surface area contributed by atoms with E-state index >= 15 is 0 Å². The van der Waals surface area contributed by atoms with E-state index in [0.29, 0.717) is 0 Å². The molecule has 0 N–H and O–H groups in total. The van der Waals surface area contributed by atoms with Crippen molar-refractivity contribution in [2.45, 2.75) is 127 Å². The molecule has 38 heavy (non-hydrogen) atoms. The van der Waals surface area contributed by atoms with Crippen LogP contribution in [0.5, 0.6) is 0 Å². The molecule has 0 aliphatic carbocycles. The van der Waals surface area contributed by atoms with Gasteiger partial charge in [0.05, 0.1) is 0 Å². The van der Waals surface area contributed by atoms with Crippen LogP contribution in [0.2, 0.25) is 0 Å². The molecule has 2 aromatic carbocycles. The molecule has 0 bridgehead atoms. The minimum Gasteiger partial charge on any atom is -0.107 e. The van der Waals surface area contributed by atoms with Crippen molar-refractivity contribution < 1.29 is 0 Å². The molecule has 0 aliphatic rings. The first-order valence-corrected chi connectivity index (χ1v) is 12.0. The second-order valence-corrected chi connectivity index (χ2v) is 4.31. The van der Waals surface area contributed by atoms with E-state index in [-0.39, 0.29) is 29.7 Å². The summed E-state index contributed by atoms with van der Waals surface area (Å²) in [5, 5.41) is 0. The van der Waals surface area contributed by atoms with Crippen LogP contribution in [0.15, 0.2) is 72.8 Å². The lowest BCUT2D eigenvalue weighted by molar-refractivity contribution is 1.50. The van der Waals surface area contributed by atoms with Crippen molar-refractivity contribution in [3.63, 3.8) is 0 Å². The molecule has 222 valence electrons. The molecule has 0 aliphatic heterocycles. The Bertz CT molecular complexity index is 529. The second-order valence-electron chi connectivity index (χ2n) is 4.31. The van der Waals surface area contributed by atoms with Gasteiger partial charge in [-0.05, 0) is 55.4 Å². The highest BCUT2D eigenvalue weighted by molar-refractivity contribution is 4.99. The number of hydrogen-bond donors (Lipinski definition) is 0. The maximum Gasteiger partial charge on any atom is -0.00271 e. The lowest BCUT2D eigenvalue weighted by atomic mass is 10.4. The lowest BCUT2D eigenvalue weighted by Crippen LogP contribution is -1.47. The Morgan fingerprint density at radius 1 is 0.211 bits per heavy atom. The molecule has 0 unspecified atom stereocenters. The van der Waals surface area contributed by atoms with Crippen LogP contribution in [0.1, 0.15) is 127 Å². The highest BCUT2D eigenvalue weighted by atomic mass is 13.7. The molecular weight excluding hydrogens is 456 g/mol. The van der Waals surface area contributed by atoms with E-state index in [2.05, 4.69) is 47.4 Å². The van der Waals surface area contributed by atoms with E-state index in [1.54, 1.807) is 0 Å². The topological polar surface area (TPSA) is 0 Å². The van der Waals surface area contributed by atoms with Crippen LogP contribution in [0, 0.1) is 47.4 Å². The summed E-state index contributed by atoms with van der Waals surface area (Å²) in [7, 11) is 0. The van der Waals surface area contributed by atoms with Gasteiger partial charge < -0.3 is 0 Å². The summed E-state index contributed by atoms with van der Waals surface area (Å²) in [6.07, 6.45) is 0. The Labute approximate surface area is 246 Å². The van der Waals surface area contributed by atoms with E-state index in [0.717, 1.165) is 0 Å². The summed E-state index contributed by atoms with van der Waals surface area (Å²) in [6, 6.07) is 24.0. The van der Waals surface area contributed by atoms with Crippen molar-refractivity contribution >= 4 is 0 Å². The number of benzene rings is 2. The third-order valence-electron chi connectivity index (χ3n) is 2.33. The number of hydrogen-bond acceptors (Lipinski definition) is 0. The van der Waals surface area contributed by atoms with Gasteiger partial charge in [-0.1, -0.05) is 144 Å². The molecule has 0 heteroatoms. The van der Waals surface area contributed by atoms with Gasteiger partial charge >= 0.3 is 0 Å². The van der Waals surface area contributed by atoms with Gasteiger partial charge in [0.2, 0.25) is 0 Å². The Morgan fingerprint density at radius 3 is 0.289 bits per heavy atom. The largest absolute Gasteiger partial charge is 0.107 e. The van der Waals surface area contributed by atoms with E-state index < -0.39 is 0 Å². The molecular formula is C38H70. The fourth-order valence-corrected chi connectivity index (χ4v) is 0.770. The summed E-state index contributed by atoms with van der Waals surface area (Å²) in [4.78, 5) is 0. The van der Waals surface area contributed by atoms with Gasteiger partial charge in [-0.15, -0.1) is 47.4 Å². The third-order valence-corrected chi connectivity index (χ3v) is 2.33. The van der Waals surface area contributed by atoms with Gasteiger partial charge in [-0.25, -0.2) is 0 Å². The van der Waals surface area contributed by atoms with Crippen LogP contribution in [0.25, 0.3) is 0 Å². The first kappa shape index (κ1) is 70.2. The van der Waals surface area contributed by atoms with Crippen LogP contribution in [-0.4, -0.2) is 0 Å². The summed E-state index contributed by atoms with van der Waals surface area (Å²) < 4.78 is 0. The maximum atomic E-state index is 2.68. The van der Waals surface area contributed by atoms with Crippen molar-refractivity contribution in [1.82, 2.24) is 0 Å². The molecule has 2 aromatic rings. The summed E-state index contributed by atoms with van der Waals surface area (Å²) >= 11 is 0. The van der Waals surface area contributed by atoms with Crippen LogP contribution in [-0.2, 0) is 0 Å². The van der Waals surface area contributed by atoms with Gasteiger partial charge in [0.1, 0.15) is 0 Å². The molecule has 0 aromatic heterocycles. The van der Waals surface area contributed by atoms with E-state index in [4.69, 9.17) is 0 Å². The predicted molar refractivity (Wildman–Crippen MR) is 190 cm³/mol. The molecule has 0 spiro atoms. The van der Waals surface area contributed by atoms with Crippen molar-refractivity contribution in [3.05, 3.63) is 72.8 Å². The normalized spacial score (nSPS) is 4.47. The predicted octanol–water partition coefficient (Wildman–Crippen LogP) is 13.1. The van der Waals surface area contributed by atoms with Crippen molar-refractivity contribution in [2.75, 3.05) is 0 Å². The van der Waals surface area contributed by atoms with Gasteiger partial charge in [0.25, 0.3) is 0 Å². The Hall–Kier alpha value is -3.32. The van der Waals surface area contributed by atoms with E-state index in [9.17, 15) is 0 Å². The number of rotatable bonds is 0. The highest BCUT2D eigenvalue weighted by Gasteiger charge is 1.58. The van der Waals surface area contributed by atoms with Crippen LogP contribution in [0.3, 0.4) is 0 Å².